The van der Waals surface area contributed by atoms with Crippen LogP contribution in [0.2, 0.25) is 0 Å². The Labute approximate surface area is 154 Å². The average molecular weight is 349 g/mol. The highest BCUT2D eigenvalue weighted by molar-refractivity contribution is 5.84. The highest BCUT2D eigenvalue weighted by atomic mass is 16.5. The van der Waals surface area contributed by atoms with Crippen molar-refractivity contribution < 1.29 is 14.3 Å². The molecular formula is C22H23NO3. The molecule has 0 bridgehead atoms. The number of rotatable bonds is 6. The van der Waals surface area contributed by atoms with Gasteiger partial charge in [-0.25, -0.2) is 0 Å². The SMILES string of the molecule is COc1ccc(CN(C)C(=O)C(C)Oc2ccc3ccccc3c2)cc1. The Morgan fingerprint density at radius 3 is 2.31 bits per heavy atom. The Bertz CT molecular complexity index is 889. The van der Waals surface area contributed by atoms with Crippen molar-refractivity contribution in [3.63, 3.8) is 0 Å². The first-order valence-electron chi connectivity index (χ1n) is 8.60. The number of nitrogens with zero attached hydrogens (tertiary/aromatic N) is 1. The molecule has 26 heavy (non-hydrogen) atoms. The van der Waals surface area contributed by atoms with Crippen LogP contribution in [0, 0.1) is 0 Å². The summed E-state index contributed by atoms with van der Waals surface area (Å²) in [6, 6.07) is 21.6. The van der Waals surface area contributed by atoms with Crippen LogP contribution in [0.25, 0.3) is 10.8 Å². The van der Waals surface area contributed by atoms with Crippen molar-refractivity contribution in [1.82, 2.24) is 4.90 Å². The van der Waals surface area contributed by atoms with E-state index in [9.17, 15) is 4.79 Å². The number of hydrogen-bond acceptors (Lipinski definition) is 3. The van der Waals surface area contributed by atoms with Gasteiger partial charge >= 0.3 is 0 Å². The molecule has 0 heterocycles. The van der Waals surface area contributed by atoms with Crippen molar-refractivity contribution in [1.29, 1.82) is 0 Å². The van der Waals surface area contributed by atoms with Crippen molar-refractivity contribution in [2.75, 3.05) is 14.2 Å². The molecule has 0 radical (unpaired) electrons. The Kier molecular flexibility index (Phi) is 5.42. The summed E-state index contributed by atoms with van der Waals surface area (Å²) in [5.74, 6) is 1.44. The van der Waals surface area contributed by atoms with E-state index in [4.69, 9.17) is 9.47 Å². The second-order valence-electron chi connectivity index (χ2n) is 6.31. The first-order valence-corrected chi connectivity index (χ1v) is 8.60. The lowest BCUT2D eigenvalue weighted by molar-refractivity contribution is -0.137. The van der Waals surface area contributed by atoms with Crippen LogP contribution in [0.3, 0.4) is 0 Å². The molecule has 0 N–H and O–H groups in total. The van der Waals surface area contributed by atoms with Gasteiger partial charge in [-0.1, -0.05) is 42.5 Å². The maximum atomic E-state index is 12.6. The van der Waals surface area contributed by atoms with Gasteiger partial charge in [-0.2, -0.15) is 0 Å². The molecule has 3 aromatic rings. The number of benzene rings is 3. The highest BCUT2D eigenvalue weighted by Gasteiger charge is 2.19. The van der Waals surface area contributed by atoms with Gasteiger partial charge in [-0.15, -0.1) is 0 Å². The summed E-state index contributed by atoms with van der Waals surface area (Å²) in [6.45, 7) is 2.30. The van der Waals surface area contributed by atoms with Crippen LogP contribution >= 0.6 is 0 Å². The fraction of sp³-hybridized carbons (Fsp3) is 0.227. The van der Waals surface area contributed by atoms with E-state index in [1.807, 2.05) is 60.7 Å². The summed E-state index contributed by atoms with van der Waals surface area (Å²) in [5, 5.41) is 2.24. The zero-order chi connectivity index (χ0) is 18.5. The van der Waals surface area contributed by atoms with Gasteiger partial charge in [0.2, 0.25) is 0 Å². The first-order chi connectivity index (χ1) is 12.6. The topological polar surface area (TPSA) is 38.8 Å². The molecule has 3 rings (SSSR count). The van der Waals surface area contributed by atoms with Crippen LogP contribution in [0.4, 0.5) is 0 Å². The number of ether oxygens (including phenoxy) is 2. The summed E-state index contributed by atoms with van der Waals surface area (Å²) in [4.78, 5) is 14.3. The lowest BCUT2D eigenvalue weighted by Gasteiger charge is -2.22. The van der Waals surface area contributed by atoms with Gasteiger partial charge in [0, 0.05) is 13.6 Å². The number of hydrogen-bond donors (Lipinski definition) is 0. The molecule has 4 heteroatoms. The van der Waals surface area contributed by atoms with Crippen molar-refractivity contribution in [2.24, 2.45) is 0 Å². The lowest BCUT2D eigenvalue weighted by Crippen LogP contribution is -2.37. The number of likely N-dealkylation sites (N-methyl/N-ethyl adjacent to an activating group) is 1. The van der Waals surface area contributed by atoms with Crippen LogP contribution in [0.15, 0.2) is 66.7 Å². The van der Waals surface area contributed by atoms with Crippen molar-refractivity contribution in [2.45, 2.75) is 19.6 Å². The minimum atomic E-state index is -0.556. The summed E-state index contributed by atoms with van der Waals surface area (Å²) < 4.78 is 11.0. The van der Waals surface area contributed by atoms with Gasteiger partial charge in [0.1, 0.15) is 11.5 Å². The fourth-order valence-electron chi connectivity index (χ4n) is 2.89. The Morgan fingerprint density at radius 2 is 1.62 bits per heavy atom. The summed E-state index contributed by atoms with van der Waals surface area (Å²) >= 11 is 0. The van der Waals surface area contributed by atoms with Crippen molar-refractivity contribution in [3.8, 4) is 11.5 Å². The number of amides is 1. The van der Waals surface area contributed by atoms with Crippen molar-refractivity contribution >= 4 is 16.7 Å². The van der Waals surface area contributed by atoms with E-state index in [0.717, 1.165) is 22.1 Å². The van der Waals surface area contributed by atoms with Gasteiger partial charge in [0.15, 0.2) is 6.10 Å². The highest BCUT2D eigenvalue weighted by Crippen LogP contribution is 2.22. The van der Waals surface area contributed by atoms with Crippen LogP contribution in [0.5, 0.6) is 11.5 Å². The predicted molar refractivity (Wildman–Crippen MR) is 104 cm³/mol. The molecule has 0 fully saturated rings. The van der Waals surface area contributed by atoms with Gasteiger partial charge in [-0.3, -0.25) is 4.79 Å². The lowest BCUT2D eigenvalue weighted by atomic mass is 10.1. The van der Waals surface area contributed by atoms with Crippen LogP contribution in [-0.4, -0.2) is 31.1 Å². The van der Waals surface area contributed by atoms with E-state index < -0.39 is 6.10 Å². The molecule has 1 amide bonds. The molecule has 0 aliphatic heterocycles. The molecule has 3 aromatic carbocycles. The molecule has 0 aliphatic carbocycles. The number of carbonyl (C=O) groups is 1. The normalized spacial score (nSPS) is 11.8. The van der Waals surface area contributed by atoms with E-state index >= 15 is 0 Å². The molecule has 0 saturated carbocycles. The maximum absolute atomic E-state index is 12.6. The summed E-state index contributed by atoms with van der Waals surface area (Å²) in [6.07, 6.45) is -0.556. The van der Waals surface area contributed by atoms with E-state index in [-0.39, 0.29) is 5.91 Å². The number of methoxy groups -OCH3 is 1. The third kappa shape index (κ3) is 4.14. The van der Waals surface area contributed by atoms with E-state index in [0.29, 0.717) is 12.3 Å². The first kappa shape index (κ1) is 17.8. The fourth-order valence-corrected chi connectivity index (χ4v) is 2.89. The molecule has 134 valence electrons. The van der Waals surface area contributed by atoms with Gasteiger partial charge < -0.3 is 14.4 Å². The van der Waals surface area contributed by atoms with E-state index in [1.54, 1.807) is 26.0 Å². The smallest absolute Gasteiger partial charge is 0.263 e. The molecular weight excluding hydrogens is 326 g/mol. The van der Waals surface area contributed by atoms with Crippen LogP contribution in [-0.2, 0) is 11.3 Å². The van der Waals surface area contributed by atoms with Crippen LogP contribution in [0.1, 0.15) is 12.5 Å². The Hall–Kier alpha value is -3.01. The largest absolute Gasteiger partial charge is 0.497 e. The molecule has 1 unspecified atom stereocenters. The molecule has 1 atom stereocenters. The second-order valence-corrected chi connectivity index (χ2v) is 6.31. The monoisotopic (exact) mass is 349 g/mol. The summed E-state index contributed by atoms with van der Waals surface area (Å²) in [7, 11) is 3.42. The molecule has 0 saturated heterocycles. The van der Waals surface area contributed by atoms with Crippen LogP contribution < -0.4 is 9.47 Å². The maximum Gasteiger partial charge on any atom is 0.263 e. The zero-order valence-electron chi connectivity index (χ0n) is 15.3. The minimum absolute atomic E-state index is 0.0611. The standard InChI is InChI=1S/C22H23NO3/c1-16(26-21-13-10-18-6-4-5-7-19(18)14-21)22(24)23(2)15-17-8-11-20(25-3)12-9-17/h4-14,16H,15H2,1-3H3. The van der Waals surface area contributed by atoms with Crippen molar-refractivity contribution in [3.05, 3.63) is 72.3 Å². The Balaban J connectivity index is 1.63. The quantitative estimate of drug-likeness (QED) is 0.667. The molecule has 0 spiro atoms. The van der Waals surface area contributed by atoms with E-state index in [1.165, 1.54) is 0 Å². The Morgan fingerprint density at radius 1 is 0.962 bits per heavy atom. The minimum Gasteiger partial charge on any atom is -0.497 e. The predicted octanol–water partition coefficient (Wildman–Crippen LogP) is 4.27. The average Bonchev–Trinajstić information content (AvgIpc) is 2.67. The van der Waals surface area contributed by atoms with Gasteiger partial charge in [-0.05, 0) is 47.5 Å². The molecule has 0 aromatic heterocycles. The number of carbonyl (C=O) groups excluding carboxylic acids is 1. The second kappa shape index (κ2) is 7.91. The third-order valence-corrected chi connectivity index (χ3v) is 4.34. The number of fused-ring (bicyclic) bond motifs is 1. The van der Waals surface area contributed by atoms with E-state index in [2.05, 4.69) is 6.07 Å². The third-order valence-electron chi connectivity index (χ3n) is 4.34. The molecule has 0 aliphatic rings. The summed E-state index contributed by atoms with van der Waals surface area (Å²) in [5.41, 5.74) is 1.04. The zero-order valence-corrected chi connectivity index (χ0v) is 15.3. The van der Waals surface area contributed by atoms with Gasteiger partial charge in [0.05, 0.1) is 7.11 Å². The molecule has 4 nitrogen and oxygen atoms in total. The van der Waals surface area contributed by atoms with Gasteiger partial charge in [0.25, 0.3) is 5.91 Å².